The van der Waals surface area contributed by atoms with Crippen LogP contribution in [-0.2, 0) is 17.1 Å². The normalized spacial score (nSPS) is 18.4. The predicted molar refractivity (Wildman–Crippen MR) is 97.7 cm³/mol. The third kappa shape index (κ3) is 3.28. The van der Waals surface area contributed by atoms with E-state index in [1.807, 2.05) is 13.8 Å². The molecule has 0 radical (unpaired) electrons. The highest BCUT2D eigenvalue weighted by Crippen LogP contribution is 2.36. The lowest BCUT2D eigenvalue weighted by atomic mass is 9.92. The number of sulfonamides is 1. The molecule has 2 aromatic rings. The van der Waals surface area contributed by atoms with Gasteiger partial charge in [-0.1, -0.05) is 20.4 Å². The Kier molecular flexibility index (Phi) is 4.69. The fraction of sp³-hybridized carbons (Fsp3) is 0.278. The summed E-state index contributed by atoms with van der Waals surface area (Å²) in [5.74, 6) is -2.86. The molecule has 0 saturated carbocycles. The lowest BCUT2D eigenvalue weighted by Gasteiger charge is -2.29. The number of halogens is 2. The van der Waals surface area contributed by atoms with Crippen molar-refractivity contribution in [1.82, 2.24) is 9.29 Å². The van der Waals surface area contributed by atoms with Crippen molar-refractivity contribution in [3.05, 3.63) is 53.9 Å². The highest BCUT2D eigenvalue weighted by atomic mass is 32.2. The van der Waals surface area contributed by atoms with Crippen LogP contribution in [0.4, 0.5) is 14.5 Å². The number of aryl methyl sites for hydroxylation is 1. The number of anilines is 1. The Balaban J connectivity index is 2.07. The van der Waals surface area contributed by atoms with E-state index in [9.17, 15) is 22.0 Å². The summed E-state index contributed by atoms with van der Waals surface area (Å²) in [6.07, 6.45) is 1.33. The van der Waals surface area contributed by atoms with Crippen LogP contribution in [0.15, 0.2) is 35.9 Å². The van der Waals surface area contributed by atoms with Gasteiger partial charge in [-0.15, -0.1) is 0 Å². The summed E-state index contributed by atoms with van der Waals surface area (Å²) in [6.45, 7) is 7.66. The van der Waals surface area contributed by atoms with Crippen molar-refractivity contribution in [3.8, 4) is 0 Å². The zero-order chi connectivity index (χ0) is 20.1. The largest absolute Gasteiger partial charge is 0.345 e. The molecule has 1 amide bonds. The summed E-state index contributed by atoms with van der Waals surface area (Å²) in [5, 5.41) is 2.47. The van der Waals surface area contributed by atoms with Gasteiger partial charge < -0.3 is 9.88 Å². The Bertz CT molecular complexity index is 1060. The van der Waals surface area contributed by atoms with E-state index in [1.165, 1.54) is 23.9 Å². The molecule has 0 fully saturated rings. The third-order valence-corrected chi connectivity index (χ3v) is 5.93. The molecule has 1 aromatic carbocycles. The lowest BCUT2D eigenvalue weighted by molar-refractivity contribution is 0.101. The molecular weight excluding hydrogens is 376 g/mol. The molecule has 1 unspecified atom stereocenters. The average Bonchev–Trinajstić information content (AvgIpc) is 2.93. The topological polar surface area (TPSA) is 80.2 Å². The predicted octanol–water partition coefficient (Wildman–Crippen LogP) is 2.89. The van der Waals surface area contributed by atoms with Gasteiger partial charge in [0.2, 0.25) is 10.0 Å². The molecule has 144 valence electrons. The van der Waals surface area contributed by atoms with Gasteiger partial charge in [0.25, 0.3) is 5.91 Å². The van der Waals surface area contributed by atoms with Gasteiger partial charge in [-0.25, -0.2) is 21.9 Å². The molecular formula is C18H19F2N3O3S. The van der Waals surface area contributed by atoms with Crippen molar-refractivity contribution in [3.63, 3.8) is 0 Å². The molecule has 0 saturated heterocycles. The van der Waals surface area contributed by atoms with Crippen LogP contribution in [0, 0.1) is 17.6 Å². The monoisotopic (exact) mass is 395 g/mol. The van der Waals surface area contributed by atoms with Gasteiger partial charge in [-0.3, -0.25) is 4.79 Å². The summed E-state index contributed by atoms with van der Waals surface area (Å²) < 4.78 is 55.6. The number of hydrogen-bond donors (Lipinski definition) is 2. The van der Waals surface area contributed by atoms with E-state index in [-0.39, 0.29) is 27.8 Å². The summed E-state index contributed by atoms with van der Waals surface area (Å²) in [7, 11) is -2.28. The molecule has 2 N–H and O–H groups in total. The first kappa shape index (κ1) is 19.2. The number of carbonyl (C=O) groups is 1. The Morgan fingerprint density at radius 2 is 1.96 bits per heavy atom. The van der Waals surface area contributed by atoms with Crippen LogP contribution in [0.2, 0.25) is 0 Å². The van der Waals surface area contributed by atoms with Gasteiger partial charge in [-0.05, 0) is 23.6 Å². The molecule has 9 heteroatoms. The first-order chi connectivity index (χ1) is 12.5. The van der Waals surface area contributed by atoms with E-state index in [0.29, 0.717) is 5.57 Å². The summed E-state index contributed by atoms with van der Waals surface area (Å²) in [5.41, 5.74) is 0.841. The smallest absolute Gasteiger partial charge is 0.272 e. The van der Waals surface area contributed by atoms with Gasteiger partial charge >= 0.3 is 0 Å². The summed E-state index contributed by atoms with van der Waals surface area (Å²) in [4.78, 5) is 12.8. The zero-order valence-corrected chi connectivity index (χ0v) is 15.8. The molecule has 1 aliphatic rings. The molecule has 3 rings (SSSR count). The van der Waals surface area contributed by atoms with Crippen LogP contribution >= 0.6 is 0 Å². The highest BCUT2D eigenvalue weighted by Gasteiger charge is 2.39. The molecule has 6 nitrogen and oxygen atoms in total. The van der Waals surface area contributed by atoms with E-state index < -0.39 is 33.6 Å². The van der Waals surface area contributed by atoms with Crippen LogP contribution < -0.4 is 10.0 Å². The van der Waals surface area contributed by atoms with E-state index in [1.54, 1.807) is 0 Å². The number of nitrogens with one attached hydrogen (secondary N) is 2. The van der Waals surface area contributed by atoms with Crippen LogP contribution in [0.1, 0.15) is 29.9 Å². The summed E-state index contributed by atoms with van der Waals surface area (Å²) >= 11 is 0. The molecule has 0 bridgehead atoms. The molecule has 1 aliphatic heterocycles. The number of hydrogen-bond acceptors (Lipinski definition) is 3. The van der Waals surface area contributed by atoms with E-state index >= 15 is 0 Å². The first-order valence-electron chi connectivity index (χ1n) is 8.20. The number of nitrogens with zero attached hydrogens (tertiary/aromatic N) is 1. The minimum absolute atomic E-state index is 0.0395. The number of benzene rings is 1. The van der Waals surface area contributed by atoms with Crippen LogP contribution in [0.25, 0.3) is 5.57 Å². The van der Waals surface area contributed by atoms with E-state index in [0.717, 1.165) is 12.1 Å². The second-order valence-electron chi connectivity index (χ2n) is 6.78. The molecule has 0 aliphatic carbocycles. The average molecular weight is 395 g/mol. The minimum atomic E-state index is -3.81. The van der Waals surface area contributed by atoms with Gasteiger partial charge in [0, 0.05) is 36.6 Å². The van der Waals surface area contributed by atoms with Gasteiger partial charge in [0.15, 0.2) is 11.6 Å². The van der Waals surface area contributed by atoms with Crippen LogP contribution in [0.5, 0.6) is 0 Å². The molecule has 27 heavy (non-hydrogen) atoms. The van der Waals surface area contributed by atoms with E-state index in [2.05, 4.69) is 16.6 Å². The maximum atomic E-state index is 13.4. The van der Waals surface area contributed by atoms with Crippen molar-refractivity contribution in [2.45, 2.75) is 24.8 Å². The number of aromatic nitrogens is 1. The Hall–Kier alpha value is -2.52. The van der Waals surface area contributed by atoms with Gasteiger partial charge in [0.05, 0.1) is 0 Å². The number of fused-ring (bicyclic) bond motifs is 1. The maximum absolute atomic E-state index is 13.4. The van der Waals surface area contributed by atoms with Crippen molar-refractivity contribution < 1.29 is 22.0 Å². The Labute approximate surface area is 155 Å². The second-order valence-corrected chi connectivity index (χ2v) is 8.46. The molecule has 1 aromatic heterocycles. The quantitative estimate of drug-likeness (QED) is 0.839. The summed E-state index contributed by atoms with van der Waals surface area (Å²) in [6, 6.07) is 2.41. The number of amides is 1. The Morgan fingerprint density at radius 1 is 1.30 bits per heavy atom. The van der Waals surface area contributed by atoms with Crippen LogP contribution in [0.3, 0.4) is 0 Å². The fourth-order valence-electron chi connectivity index (χ4n) is 3.15. The molecule has 1 atom stereocenters. The maximum Gasteiger partial charge on any atom is 0.272 e. The fourth-order valence-corrected chi connectivity index (χ4v) is 4.81. The first-order valence-corrected chi connectivity index (χ1v) is 9.68. The van der Waals surface area contributed by atoms with Crippen LogP contribution in [-0.4, -0.2) is 24.9 Å². The zero-order valence-electron chi connectivity index (χ0n) is 15.0. The van der Waals surface area contributed by atoms with Crippen molar-refractivity contribution in [2.24, 2.45) is 13.0 Å². The van der Waals surface area contributed by atoms with Gasteiger partial charge in [-0.2, -0.15) is 0 Å². The van der Waals surface area contributed by atoms with Gasteiger partial charge in [0.1, 0.15) is 10.6 Å². The number of rotatable bonds is 3. The molecule has 0 spiro atoms. The molecule has 2 heterocycles. The van der Waals surface area contributed by atoms with E-state index in [4.69, 9.17) is 0 Å². The second kappa shape index (κ2) is 6.58. The standard InChI is InChI=1S/C18H19F2N3O3S/c1-9(2)16-10(3)15-14(27(25,26)22-16)8-23(4)17(15)18(24)21-11-5-6-12(19)13(20)7-11/h5-9,16,22H,3H2,1-2,4H3,(H,21,24). The SMILES string of the molecule is C=C1c2c(cn(C)c2C(=O)Nc2ccc(F)c(F)c2)S(=O)(=O)NC1C(C)C. The Morgan fingerprint density at radius 3 is 2.56 bits per heavy atom. The lowest BCUT2D eigenvalue weighted by Crippen LogP contribution is -2.43. The third-order valence-electron chi connectivity index (χ3n) is 4.47. The van der Waals surface area contributed by atoms with Crippen molar-refractivity contribution in [2.75, 3.05) is 5.32 Å². The highest BCUT2D eigenvalue weighted by molar-refractivity contribution is 7.89. The minimum Gasteiger partial charge on any atom is -0.345 e. The van der Waals surface area contributed by atoms with Crippen molar-refractivity contribution in [1.29, 1.82) is 0 Å². The van der Waals surface area contributed by atoms with Crippen molar-refractivity contribution >= 4 is 27.2 Å². The number of carbonyl (C=O) groups excluding carboxylic acids is 1.